The molecular weight excluding hydrogens is 394 g/mol. The lowest BCUT2D eigenvalue weighted by Gasteiger charge is -2.36. The molecule has 2 bridgehead atoms. The van der Waals surface area contributed by atoms with Crippen molar-refractivity contribution >= 4 is 27.1 Å². The molecule has 0 radical (unpaired) electrons. The number of fused-ring (bicyclic) bond motifs is 5. The van der Waals surface area contributed by atoms with Gasteiger partial charge in [0.15, 0.2) is 9.84 Å². The fourth-order valence-corrected chi connectivity index (χ4v) is 6.82. The van der Waals surface area contributed by atoms with Gasteiger partial charge < -0.3 is 9.80 Å². The van der Waals surface area contributed by atoms with E-state index in [0.29, 0.717) is 43.7 Å². The van der Waals surface area contributed by atoms with E-state index in [1.165, 1.54) is 31.4 Å². The van der Waals surface area contributed by atoms with Gasteiger partial charge >= 0.3 is 0 Å². The van der Waals surface area contributed by atoms with Gasteiger partial charge in [0.05, 0.1) is 9.82 Å². The van der Waals surface area contributed by atoms with Crippen molar-refractivity contribution in [1.29, 1.82) is 0 Å². The summed E-state index contributed by atoms with van der Waals surface area (Å²) in [6, 6.07) is 4.05. The number of amides is 1. The number of nitro benzene ring substituents is 1. The zero-order valence-corrected chi connectivity index (χ0v) is 17.2. The number of rotatable bonds is 4. The van der Waals surface area contributed by atoms with Gasteiger partial charge in [-0.25, -0.2) is 8.42 Å². The smallest absolute Gasteiger partial charge is 0.293 e. The van der Waals surface area contributed by atoms with Crippen molar-refractivity contribution in [2.75, 3.05) is 37.3 Å². The Hall–Kier alpha value is -2.16. The Balaban J connectivity index is 1.27. The average molecular weight is 420 g/mol. The van der Waals surface area contributed by atoms with Crippen molar-refractivity contribution in [3.63, 3.8) is 0 Å². The summed E-state index contributed by atoms with van der Waals surface area (Å²) >= 11 is 0. The molecule has 1 aromatic carbocycles. The van der Waals surface area contributed by atoms with Gasteiger partial charge in [-0.15, -0.1) is 0 Å². The fraction of sp³-hybridized carbons (Fsp3) is 0.650. The Morgan fingerprint density at radius 2 is 1.72 bits per heavy atom. The number of anilines is 1. The number of hydrogen-bond donors (Lipinski definition) is 0. The van der Waals surface area contributed by atoms with Crippen molar-refractivity contribution < 1.29 is 18.1 Å². The lowest BCUT2D eigenvalue weighted by Crippen LogP contribution is -2.49. The van der Waals surface area contributed by atoms with E-state index in [4.69, 9.17) is 0 Å². The van der Waals surface area contributed by atoms with Crippen LogP contribution >= 0.6 is 0 Å². The van der Waals surface area contributed by atoms with Crippen LogP contribution in [0, 0.1) is 39.7 Å². The molecule has 4 aliphatic rings. The molecule has 4 atom stereocenters. The topological polar surface area (TPSA) is 101 Å². The van der Waals surface area contributed by atoms with Gasteiger partial charge in [-0.2, -0.15) is 0 Å². The van der Waals surface area contributed by atoms with Gasteiger partial charge in [0.2, 0.25) is 5.91 Å². The molecule has 1 amide bonds. The van der Waals surface area contributed by atoms with Crippen LogP contribution in [0.2, 0.25) is 0 Å². The minimum Gasteiger partial charge on any atom is -0.362 e. The second kappa shape index (κ2) is 6.42. The maximum absolute atomic E-state index is 13.0. The monoisotopic (exact) mass is 419 g/mol. The number of hydrogen-bond acceptors (Lipinski definition) is 6. The van der Waals surface area contributed by atoms with Crippen molar-refractivity contribution in [2.24, 2.45) is 29.6 Å². The van der Waals surface area contributed by atoms with Crippen LogP contribution in [-0.2, 0) is 14.6 Å². The molecule has 0 spiro atoms. The molecular formula is C20H25N3O5S. The zero-order valence-electron chi connectivity index (χ0n) is 16.4. The summed E-state index contributed by atoms with van der Waals surface area (Å²) in [5.74, 6) is 3.25. The van der Waals surface area contributed by atoms with Gasteiger partial charge in [-0.1, -0.05) is 0 Å². The van der Waals surface area contributed by atoms with Gasteiger partial charge in [-0.3, -0.25) is 14.9 Å². The molecule has 5 rings (SSSR count). The third kappa shape index (κ3) is 3.01. The van der Waals surface area contributed by atoms with Gasteiger partial charge in [0, 0.05) is 44.4 Å². The van der Waals surface area contributed by atoms with Crippen molar-refractivity contribution in [2.45, 2.75) is 24.2 Å². The first-order valence-corrected chi connectivity index (χ1v) is 12.2. The molecule has 156 valence electrons. The van der Waals surface area contributed by atoms with E-state index in [9.17, 15) is 23.3 Å². The number of nitrogens with zero attached hydrogens (tertiary/aromatic N) is 3. The summed E-state index contributed by atoms with van der Waals surface area (Å²) in [5.41, 5.74) is 0.205. The third-order valence-electron chi connectivity index (χ3n) is 7.52. The Morgan fingerprint density at radius 1 is 1.10 bits per heavy atom. The highest BCUT2D eigenvalue weighted by Crippen LogP contribution is 2.69. The van der Waals surface area contributed by atoms with E-state index in [1.54, 1.807) is 0 Å². The Morgan fingerprint density at radius 3 is 2.28 bits per heavy atom. The summed E-state index contributed by atoms with van der Waals surface area (Å²) in [6.07, 6.45) is 4.93. The summed E-state index contributed by atoms with van der Waals surface area (Å²) in [7, 11) is -3.52. The number of benzene rings is 1. The highest BCUT2D eigenvalue weighted by Gasteiger charge is 2.68. The van der Waals surface area contributed by atoms with Crippen LogP contribution in [0.1, 0.15) is 19.3 Å². The summed E-state index contributed by atoms with van der Waals surface area (Å²) in [6.45, 7) is 2.13. The van der Waals surface area contributed by atoms with Crippen LogP contribution in [0.4, 0.5) is 11.4 Å². The quantitative estimate of drug-likeness (QED) is 0.546. The summed E-state index contributed by atoms with van der Waals surface area (Å²) in [5, 5.41) is 11.5. The maximum Gasteiger partial charge on any atom is 0.293 e. The predicted octanol–water partition coefficient (Wildman–Crippen LogP) is 1.94. The van der Waals surface area contributed by atoms with Crippen LogP contribution in [-0.4, -0.2) is 56.6 Å². The van der Waals surface area contributed by atoms with Crippen LogP contribution in [0.5, 0.6) is 0 Å². The molecule has 3 saturated carbocycles. The molecule has 0 unspecified atom stereocenters. The van der Waals surface area contributed by atoms with Gasteiger partial charge in [0.1, 0.15) is 5.69 Å². The molecule has 1 aromatic rings. The Kier molecular flexibility index (Phi) is 4.17. The molecule has 0 aromatic heterocycles. The second-order valence-corrected chi connectivity index (χ2v) is 11.0. The molecule has 0 N–H and O–H groups in total. The third-order valence-corrected chi connectivity index (χ3v) is 8.63. The maximum atomic E-state index is 13.0. The first-order valence-electron chi connectivity index (χ1n) is 10.3. The number of carbonyl (C=O) groups is 1. The van der Waals surface area contributed by atoms with Crippen LogP contribution in [0.25, 0.3) is 0 Å². The van der Waals surface area contributed by atoms with Crippen LogP contribution in [0.3, 0.4) is 0 Å². The molecule has 1 heterocycles. The normalized spacial score (nSPS) is 32.9. The minimum absolute atomic E-state index is 0.0586. The number of carbonyl (C=O) groups excluding carboxylic acids is 1. The minimum atomic E-state index is -3.52. The zero-order chi connectivity index (χ0) is 20.5. The van der Waals surface area contributed by atoms with E-state index in [0.717, 1.165) is 24.2 Å². The Bertz CT molecular complexity index is 970. The molecule has 1 saturated heterocycles. The molecule has 3 aliphatic carbocycles. The average Bonchev–Trinajstić information content (AvgIpc) is 3.12. The Labute approximate surface area is 169 Å². The standard InChI is InChI=1S/C20H25N3O5S/c1-29(27,28)14-4-5-15(16(11-14)23(25)26)21-6-8-22(9-7-21)20(24)19-17-12-2-3-13(10-12)18(17)19/h4-5,11-13,17-19H,2-3,6-10H2,1H3/t12-,13-,17-,18-/m0/s1. The second-order valence-electron chi connectivity index (χ2n) is 9.01. The van der Waals surface area contributed by atoms with Crippen LogP contribution < -0.4 is 4.90 Å². The van der Waals surface area contributed by atoms with Crippen molar-refractivity contribution in [3.05, 3.63) is 28.3 Å². The number of sulfone groups is 1. The molecule has 1 aliphatic heterocycles. The van der Waals surface area contributed by atoms with Gasteiger partial charge in [0.25, 0.3) is 5.69 Å². The summed E-state index contributed by atoms with van der Waals surface area (Å²) < 4.78 is 23.5. The largest absolute Gasteiger partial charge is 0.362 e. The van der Waals surface area contributed by atoms with E-state index in [2.05, 4.69) is 0 Å². The SMILES string of the molecule is CS(=O)(=O)c1ccc(N2CCN(C(=O)C3[C@H]4[C@H]5CC[C@@H](C5)[C@H]34)CC2)c([N+](=O)[O-])c1. The van der Waals surface area contributed by atoms with Crippen LogP contribution in [0.15, 0.2) is 23.1 Å². The first-order chi connectivity index (χ1) is 13.8. The molecule has 4 fully saturated rings. The molecule has 29 heavy (non-hydrogen) atoms. The highest BCUT2D eigenvalue weighted by molar-refractivity contribution is 7.90. The fourth-order valence-electron chi connectivity index (χ4n) is 6.18. The highest BCUT2D eigenvalue weighted by atomic mass is 32.2. The van der Waals surface area contributed by atoms with E-state index < -0.39 is 14.8 Å². The lowest BCUT2D eigenvalue weighted by molar-refractivity contribution is -0.384. The van der Waals surface area contributed by atoms with Crippen molar-refractivity contribution in [3.8, 4) is 0 Å². The lowest BCUT2D eigenvalue weighted by atomic mass is 10.0. The van der Waals surface area contributed by atoms with Gasteiger partial charge in [-0.05, 0) is 55.1 Å². The van der Waals surface area contributed by atoms with E-state index in [-0.39, 0.29) is 22.4 Å². The van der Waals surface area contributed by atoms with Crippen molar-refractivity contribution in [1.82, 2.24) is 4.90 Å². The number of piperazine rings is 1. The summed E-state index contributed by atoms with van der Waals surface area (Å²) in [4.78, 5) is 27.7. The first kappa shape index (κ1) is 18.8. The van der Waals surface area contributed by atoms with E-state index >= 15 is 0 Å². The molecule has 9 heteroatoms. The van der Waals surface area contributed by atoms with E-state index in [1.807, 2.05) is 9.80 Å². The predicted molar refractivity (Wildman–Crippen MR) is 106 cm³/mol. The number of nitro groups is 1. The molecule has 8 nitrogen and oxygen atoms in total.